The molecule has 0 unspecified atom stereocenters. The van der Waals surface area contributed by atoms with Crippen molar-refractivity contribution in [2.24, 2.45) is 5.10 Å². The number of hydrogen-bond acceptors (Lipinski definition) is 6. The Morgan fingerprint density at radius 1 is 1.06 bits per heavy atom. The fourth-order valence-corrected chi connectivity index (χ4v) is 3.98. The summed E-state index contributed by atoms with van der Waals surface area (Å²) in [6.45, 7) is 2.03. The van der Waals surface area contributed by atoms with Crippen LogP contribution in [-0.4, -0.2) is 39.7 Å². The minimum Gasteiger partial charge on any atom is -0.497 e. The maximum atomic E-state index is 12.4. The highest BCUT2D eigenvalue weighted by molar-refractivity contribution is 7.99. The second-order valence-corrected chi connectivity index (χ2v) is 8.72. The number of benzene rings is 3. The van der Waals surface area contributed by atoms with E-state index in [-0.39, 0.29) is 11.7 Å². The van der Waals surface area contributed by atoms with Gasteiger partial charge in [0.2, 0.25) is 0 Å². The number of amides is 1. The molecule has 0 spiro atoms. The van der Waals surface area contributed by atoms with E-state index in [1.807, 2.05) is 72.2 Å². The Labute approximate surface area is 206 Å². The minimum absolute atomic E-state index is 0.130. The number of aromatic nitrogens is 3. The van der Waals surface area contributed by atoms with E-state index < -0.39 is 0 Å². The summed E-state index contributed by atoms with van der Waals surface area (Å²) in [5.41, 5.74) is 6.32. The quantitative estimate of drug-likeness (QED) is 0.209. The average Bonchev–Trinajstić information content (AvgIpc) is 3.28. The van der Waals surface area contributed by atoms with Crippen molar-refractivity contribution in [2.45, 2.75) is 12.1 Å². The number of thioether (sulfide) groups is 1. The number of nitrogens with one attached hydrogen (secondary N) is 1. The summed E-state index contributed by atoms with van der Waals surface area (Å²) in [4.78, 5) is 12.4. The first-order valence-corrected chi connectivity index (χ1v) is 11.8. The van der Waals surface area contributed by atoms with Crippen LogP contribution in [0.25, 0.3) is 17.1 Å². The molecule has 34 heavy (non-hydrogen) atoms. The van der Waals surface area contributed by atoms with Crippen molar-refractivity contribution in [3.8, 4) is 22.8 Å². The van der Waals surface area contributed by atoms with Crippen LogP contribution in [0.4, 0.5) is 0 Å². The molecule has 1 amide bonds. The number of carbonyl (C=O) groups excluding carboxylic acids is 1. The Balaban J connectivity index is 1.51. The van der Waals surface area contributed by atoms with Crippen LogP contribution in [0.3, 0.4) is 0 Å². The van der Waals surface area contributed by atoms with Crippen LogP contribution in [0.15, 0.2) is 83.1 Å². The van der Waals surface area contributed by atoms with Gasteiger partial charge in [-0.15, -0.1) is 10.2 Å². The van der Waals surface area contributed by atoms with E-state index in [2.05, 4.69) is 20.7 Å². The predicted octanol–water partition coefficient (Wildman–Crippen LogP) is 5.15. The highest BCUT2D eigenvalue weighted by Crippen LogP contribution is 2.29. The molecule has 0 saturated heterocycles. The molecule has 0 saturated carbocycles. The lowest BCUT2D eigenvalue weighted by atomic mass is 10.2. The lowest BCUT2D eigenvalue weighted by Crippen LogP contribution is -2.20. The van der Waals surface area contributed by atoms with Gasteiger partial charge in [0.15, 0.2) is 11.0 Å². The number of aryl methyl sites for hydroxylation is 1. The Bertz CT molecular complexity index is 1290. The molecule has 0 bridgehead atoms. The Morgan fingerprint density at radius 3 is 2.44 bits per heavy atom. The minimum atomic E-state index is -0.250. The molecule has 0 fully saturated rings. The Morgan fingerprint density at radius 2 is 1.76 bits per heavy atom. The lowest BCUT2D eigenvalue weighted by molar-refractivity contribution is -0.118. The second-order valence-electron chi connectivity index (χ2n) is 7.34. The van der Waals surface area contributed by atoms with Crippen LogP contribution in [0.5, 0.6) is 5.75 Å². The summed E-state index contributed by atoms with van der Waals surface area (Å²) in [5, 5.41) is 14.0. The zero-order valence-corrected chi connectivity index (χ0v) is 20.2. The van der Waals surface area contributed by atoms with E-state index in [1.165, 1.54) is 11.8 Å². The van der Waals surface area contributed by atoms with Gasteiger partial charge in [-0.3, -0.25) is 9.36 Å². The van der Waals surface area contributed by atoms with E-state index in [9.17, 15) is 4.79 Å². The summed E-state index contributed by atoms with van der Waals surface area (Å²) >= 11 is 7.17. The fraction of sp³-hybridized carbons (Fsp3) is 0.120. The SMILES string of the molecule is COc1ccc(-c2nnc(SCC(=O)N/N=C/c3ccc(Cl)cc3)n2-c2ccc(C)cc2)cc1. The number of halogens is 1. The zero-order chi connectivity index (χ0) is 23.9. The molecule has 4 aromatic rings. The largest absolute Gasteiger partial charge is 0.497 e. The number of nitrogens with zero attached hydrogens (tertiary/aromatic N) is 4. The van der Waals surface area contributed by atoms with Crippen molar-refractivity contribution in [1.82, 2.24) is 20.2 Å². The van der Waals surface area contributed by atoms with Gasteiger partial charge in [0.05, 0.1) is 19.1 Å². The van der Waals surface area contributed by atoms with Crippen molar-refractivity contribution in [1.29, 1.82) is 0 Å². The van der Waals surface area contributed by atoms with Crippen molar-refractivity contribution >= 4 is 35.5 Å². The molecule has 1 aromatic heterocycles. The van der Waals surface area contributed by atoms with Crippen molar-refractivity contribution in [2.75, 3.05) is 12.9 Å². The molecule has 0 radical (unpaired) electrons. The van der Waals surface area contributed by atoms with Crippen LogP contribution in [0, 0.1) is 6.92 Å². The van der Waals surface area contributed by atoms with E-state index in [1.54, 1.807) is 25.5 Å². The third kappa shape index (κ3) is 5.84. The van der Waals surface area contributed by atoms with E-state index >= 15 is 0 Å². The van der Waals surface area contributed by atoms with Gasteiger partial charge in [-0.1, -0.05) is 53.2 Å². The molecule has 0 aliphatic rings. The maximum Gasteiger partial charge on any atom is 0.250 e. The molecule has 1 N–H and O–H groups in total. The Kier molecular flexibility index (Phi) is 7.61. The van der Waals surface area contributed by atoms with Gasteiger partial charge in [-0.25, -0.2) is 5.43 Å². The number of rotatable bonds is 8. The third-order valence-electron chi connectivity index (χ3n) is 4.88. The molecular weight excluding hydrogens is 470 g/mol. The molecule has 172 valence electrons. The van der Waals surface area contributed by atoms with Crippen LogP contribution in [0.2, 0.25) is 5.02 Å². The smallest absolute Gasteiger partial charge is 0.250 e. The molecule has 4 rings (SSSR count). The zero-order valence-electron chi connectivity index (χ0n) is 18.6. The first-order valence-electron chi connectivity index (χ1n) is 10.4. The van der Waals surface area contributed by atoms with E-state index in [0.717, 1.165) is 28.1 Å². The van der Waals surface area contributed by atoms with Crippen LogP contribution < -0.4 is 10.2 Å². The maximum absolute atomic E-state index is 12.4. The standard InChI is InChI=1S/C25H22ClN5O2S/c1-17-3-11-21(12-4-17)31-24(19-7-13-22(33-2)14-8-19)29-30-25(31)34-16-23(32)28-27-15-18-5-9-20(26)10-6-18/h3-15H,16H2,1-2H3,(H,28,32)/b27-15+. The molecule has 0 aliphatic carbocycles. The van der Waals surface area contributed by atoms with Gasteiger partial charge in [-0.2, -0.15) is 5.10 Å². The Hall–Kier alpha value is -3.62. The summed E-state index contributed by atoms with van der Waals surface area (Å²) in [7, 11) is 1.63. The van der Waals surface area contributed by atoms with Gasteiger partial charge in [0, 0.05) is 16.3 Å². The molecule has 0 aliphatic heterocycles. The van der Waals surface area contributed by atoms with Crippen molar-refractivity contribution in [3.05, 3.63) is 88.9 Å². The topological polar surface area (TPSA) is 81.4 Å². The summed E-state index contributed by atoms with van der Waals surface area (Å²) < 4.78 is 7.20. The monoisotopic (exact) mass is 491 g/mol. The fourth-order valence-electron chi connectivity index (χ4n) is 3.11. The number of carbonyl (C=O) groups is 1. The number of ether oxygens (including phenoxy) is 1. The predicted molar refractivity (Wildman–Crippen MR) is 136 cm³/mol. The summed E-state index contributed by atoms with van der Waals surface area (Å²) in [5.74, 6) is 1.32. The first-order chi connectivity index (χ1) is 16.5. The number of methoxy groups -OCH3 is 1. The van der Waals surface area contributed by atoms with Crippen LogP contribution in [-0.2, 0) is 4.79 Å². The van der Waals surface area contributed by atoms with Crippen LogP contribution in [0.1, 0.15) is 11.1 Å². The van der Waals surface area contributed by atoms with E-state index in [4.69, 9.17) is 16.3 Å². The molecule has 0 atom stereocenters. The normalized spacial score (nSPS) is 11.0. The lowest BCUT2D eigenvalue weighted by Gasteiger charge is -2.11. The highest BCUT2D eigenvalue weighted by Gasteiger charge is 2.17. The molecular formula is C25H22ClN5O2S. The highest BCUT2D eigenvalue weighted by atomic mass is 35.5. The molecule has 1 heterocycles. The van der Waals surface area contributed by atoms with Crippen molar-refractivity contribution in [3.63, 3.8) is 0 Å². The van der Waals surface area contributed by atoms with Gasteiger partial charge in [0.1, 0.15) is 5.75 Å². The van der Waals surface area contributed by atoms with Crippen LogP contribution >= 0.6 is 23.4 Å². The number of hydrazone groups is 1. The third-order valence-corrected chi connectivity index (χ3v) is 6.06. The van der Waals surface area contributed by atoms with Gasteiger partial charge >= 0.3 is 0 Å². The summed E-state index contributed by atoms with van der Waals surface area (Å²) in [6, 6.07) is 22.8. The van der Waals surface area contributed by atoms with E-state index in [0.29, 0.717) is 16.0 Å². The molecule has 3 aromatic carbocycles. The van der Waals surface area contributed by atoms with Gasteiger partial charge in [-0.05, 0) is 61.0 Å². The molecule has 9 heteroatoms. The van der Waals surface area contributed by atoms with Gasteiger partial charge < -0.3 is 4.74 Å². The van der Waals surface area contributed by atoms with Crippen molar-refractivity contribution < 1.29 is 9.53 Å². The average molecular weight is 492 g/mol. The number of hydrogen-bond donors (Lipinski definition) is 1. The summed E-state index contributed by atoms with van der Waals surface area (Å²) in [6.07, 6.45) is 1.56. The second kappa shape index (κ2) is 11.0. The van der Waals surface area contributed by atoms with Gasteiger partial charge in [0.25, 0.3) is 5.91 Å². The first kappa shape index (κ1) is 23.5. The molecule has 7 nitrogen and oxygen atoms in total.